The molecule has 2 rings (SSSR count). The van der Waals surface area contributed by atoms with Crippen molar-refractivity contribution in [3.05, 3.63) is 29.8 Å². The molecule has 0 aromatic heterocycles. The third-order valence-electron chi connectivity index (χ3n) is 3.54. The summed E-state index contributed by atoms with van der Waals surface area (Å²) in [7, 11) is -1.07. The number of rotatable bonds is 6. The molecule has 1 saturated heterocycles. The Morgan fingerprint density at radius 1 is 1.40 bits per heavy atom. The van der Waals surface area contributed by atoms with Gasteiger partial charge in [0.25, 0.3) is 0 Å². The third kappa shape index (κ3) is 4.58. The molecule has 0 amide bonds. The Kier molecular flexibility index (Phi) is 5.81. The van der Waals surface area contributed by atoms with Gasteiger partial charge in [-0.25, -0.2) is 22.7 Å². The van der Waals surface area contributed by atoms with Crippen LogP contribution in [-0.2, 0) is 29.1 Å². The maximum Gasteiger partial charge on any atom is 0.347 e. The average molecular weight is 369 g/mol. The smallest absolute Gasteiger partial charge is 0.347 e. The van der Waals surface area contributed by atoms with Crippen LogP contribution in [0.25, 0.3) is 6.08 Å². The van der Waals surface area contributed by atoms with Crippen LogP contribution in [0, 0.1) is 0 Å². The highest BCUT2D eigenvalue weighted by Crippen LogP contribution is 2.25. The van der Waals surface area contributed by atoms with Gasteiger partial charge in [-0.2, -0.15) is 0 Å². The van der Waals surface area contributed by atoms with Gasteiger partial charge in [-0.15, -0.1) is 0 Å². The molecule has 1 heterocycles. The van der Waals surface area contributed by atoms with E-state index in [0.29, 0.717) is 12.0 Å². The first-order valence-electron chi connectivity index (χ1n) is 7.47. The number of benzene rings is 1. The summed E-state index contributed by atoms with van der Waals surface area (Å²) in [6, 6.07) is 4.43. The van der Waals surface area contributed by atoms with Gasteiger partial charge in [0, 0.05) is 12.5 Å². The van der Waals surface area contributed by atoms with Gasteiger partial charge >= 0.3 is 11.9 Å². The maximum atomic E-state index is 12.0. The van der Waals surface area contributed by atoms with E-state index in [4.69, 9.17) is 14.2 Å². The van der Waals surface area contributed by atoms with Crippen molar-refractivity contribution in [1.29, 1.82) is 0 Å². The minimum atomic E-state index is -3.72. The zero-order valence-corrected chi connectivity index (χ0v) is 14.8. The van der Waals surface area contributed by atoms with Gasteiger partial charge in [-0.3, -0.25) is 0 Å². The van der Waals surface area contributed by atoms with E-state index < -0.39 is 28.1 Å². The van der Waals surface area contributed by atoms with Crippen molar-refractivity contribution in [3.8, 4) is 5.75 Å². The lowest BCUT2D eigenvalue weighted by molar-refractivity contribution is -0.157. The molecule has 1 aliphatic rings. The van der Waals surface area contributed by atoms with Gasteiger partial charge in [0.2, 0.25) is 16.1 Å². The molecular weight excluding hydrogens is 350 g/mol. The summed E-state index contributed by atoms with van der Waals surface area (Å²) in [5.41, 5.74) is 0.453. The van der Waals surface area contributed by atoms with E-state index in [1.807, 2.05) is 0 Å². The van der Waals surface area contributed by atoms with Crippen LogP contribution in [0.15, 0.2) is 29.2 Å². The molecule has 2 atom stereocenters. The Hall–Kier alpha value is -2.39. The van der Waals surface area contributed by atoms with Crippen LogP contribution in [0.4, 0.5) is 0 Å². The van der Waals surface area contributed by atoms with E-state index in [0.717, 1.165) is 6.08 Å². The first kappa shape index (κ1) is 18.9. The maximum absolute atomic E-state index is 12.0. The molecule has 0 aliphatic carbocycles. The molecule has 1 aromatic rings. The van der Waals surface area contributed by atoms with Crippen molar-refractivity contribution in [2.75, 3.05) is 14.2 Å². The van der Waals surface area contributed by atoms with Crippen LogP contribution < -0.4 is 9.46 Å². The van der Waals surface area contributed by atoms with E-state index in [-0.39, 0.29) is 16.7 Å². The normalized spacial score (nSPS) is 20.5. The summed E-state index contributed by atoms with van der Waals surface area (Å²) in [4.78, 5) is 23.2. The lowest BCUT2D eigenvalue weighted by Crippen LogP contribution is -2.21. The zero-order valence-electron chi connectivity index (χ0n) is 14.0. The number of sulfonamides is 1. The highest BCUT2D eigenvalue weighted by molar-refractivity contribution is 7.89. The van der Waals surface area contributed by atoms with Crippen molar-refractivity contribution >= 4 is 28.0 Å². The first-order chi connectivity index (χ1) is 11.8. The Bertz CT molecular complexity index is 801. The number of cyclic esters (lactones) is 1. The van der Waals surface area contributed by atoms with Gasteiger partial charge in [0.05, 0.1) is 7.11 Å². The van der Waals surface area contributed by atoms with Crippen molar-refractivity contribution in [2.45, 2.75) is 30.4 Å². The number of methoxy groups -OCH3 is 1. The molecule has 0 radical (unpaired) electrons. The third-order valence-corrected chi connectivity index (χ3v) is 4.98. The van der Waals surface area contributed by atoms with E-state index >= 15 is 0 Å². The number of nitrogens with one attached hydrogen (secondary N) is 1. The van der Waals surface area contributed by atoms with Crippen LogP contribution in [-0.4, -0.2) is 46.7 Å². The molecule has 9 heteroatoms. The number of carbonyl (C=O) groups excluding carboxylic acids is 2. The molecule has 1 N–H and O–H groups in total. The summed E-state index contributed by atoms with van der Waals surface area (Å²) in [6.45, 7) is 1.71. The van der Waals surface area contributed by atoms with Crippen molar-refractivity contribution in [3.63, 3.8) is 0 Å². The van der Waals surface area contributed by atoms with Crippen LogP contribution >= 0.6 is 0 Å². The van der Waals surface area contributed by atoms with Crippen molar-refractivity contribution in [2.24, 2.45) is 0 Å². The van der Waals surface area contributed by atoms with Gasteiger partial charge < -0.3 is 14.2 Å². The minimum Gasteiger partial charge on any atom is -0.495 e. The molecule has 1 aliphatic heterocycles. The summed E-state index contributed by atoms with van der Waals surface area (Å²) in [5, 5.41) is 0. The number of esters is 2. The fourth-order valence-corrected chi connectivity index (χ4v) is 3.20. The second-order valence-corrected chi connectivity index (χ2v) is 7.21. The number of hydrogen-bond acceptors (Lipinski definition) is 7. The predicted octanol–water partition coefficient (Wildman–Crippen LogP) is 0.864. The van der Waals surface area contributed by atoms with E-state index in [9.17, 15) is 18.0 Å². The van der Waals surface area contributed by atoms with E-state index in [1.165, 1.54) is 32.4 Å². The molecule has 0 bridgehead atoms. The second kappa shape index (κ2) is 7.66. The van der Waals surface area contributed by atoms with Crippen LogP contribution in [0.5, 0.6) is 5.75 Å². The molecule has 8 nitrogen and oxygen atoms in total. The second-order valence-electron chi connectivity index (χ2n) is 5.36. The van der Waals surface area contributed by atoms with Crippen LogP contribution in [0.1, 0.15) is 18.9 Å². The lowest BCUT2D eigenvalue weighted by Gasteiger charge is -2.09. The quantitative estimate of drug-likeness (QED) is 0.585. The average Bonchev–Trinajstić information content (AvgIpc) is 2.89. The fourth-order valence-electron chi connectivity index (χ4n) is 2.28. The van der Waals surface area contributed by atoms with Gasteiger partial charge in [0.1, 0.15) is 16.7 Å². The highest BCUT2D eigenvalue weighted by atomic mass is 32.2. The zero-order chi connectivity index (χ0) is 18.6. The Balaban J connectivity index is 2.14. The van der Waals surface area contributed by atoms with E-state index in [1.54, 1.807) is 13.0 Å². The van der Waals surface area contributed by atoms with Gasteiger partial charge in [0.15, 0.2) is 0 Å². The monoisotopic (exact) mass is 369 g/mol. The number of ether oxygens (including phenoxy) is 3. The molecular formula is C16H19NO7S. The Morgan fingerprint density at radius 3 is 2.68 bits per heavy atom. The largest absolute Gasteiger partial charge is 0.495 e. The van der Waals surface area contributed by atoms with Crippen molar-refractivity contribution in [1.82, 2.24) is 4.72 Å². The van der Waals surface area contributed by atoms with Crippen molar-refractivity contribution < 1.29 is 32.2 Å². The molecule has 1 fully saturated rings. The van der Waals surface area contributed by atoms with Crippen LogP contribution in [0.3, 0.4) is 0 Å². The Labute approximate surface area is 145 Å². The first-order valence-corrected chi connectivity index (χ1v) is 8.96. The summed E-state index contributed by atoms with van der Waals surface area (Å²) >= 11 is 0. The SMILES string of the molecule is CNS(=O)(=O)c1cc(/C=C/C(=O)O[C@@H]2C[C@@H](C)OC2=O)ccc1OC. The number of hydrogen-bond donors (Lipinski definition) is 1. The predicted molar refractivity (Wildman–Crippen MR) is 88.3 cm³/mol. The minimum absolute atomic E-state index is 0.0544. The molecule has 0 saturated carbocycles. The highest BCUT2D eigenvalue weighted by Gasteiger charge is 2.34. The summed E-state index contributed by atoms with van der Waals surface area (Å²) in [6.07, 6.45) is 1.62. The number of carbonyl (C=O) groups is 2. The lowest BCUT2D eigenvalue weighted by atomic mass is 10.2. The summed E-state index contributed by atoms with van der Waals surface area (Å²) < 4.78 is 41.2. The fraction of sp³-hybridized carbons (Fsp3) is 0.375. The molecule has 0 spiro atoms. The molecule has 25 heavy (non-hydrogen) atoms. The van der Waals surface area contributed by atoms with E-state index in [2.05, 4.69) is 4.72 Å². The standard InChI is InChI=1S/C16H19NO7S/c1-10-8-13(16(19)23-10)24-15(18)7-5-11-4-6-12(22-3)14(9-11)25(20,21)17-2/h4-7,9-10,13,17H,8H2,1-3H3/b7-5+/t10-,13-/m1/s1. The molecule has 136 valence electrons. The topological polar surface area (TPSA) is 108 Å². The summed E-state index contributed by atoms with van der Waals surface area (Å²) in [5.74, 6) is -1.11. The Morgan fingerprint density at radius 2 is 2.12 bits per heavy atom. The van der Waals surface area contributed by atoms with Gasteiger partial charge in [-0.05, 0) is 37.7 Å². The molecule has 0 unspecified atom stereocenters. The van der Waals surface area contributed by atoms with Gasteiger partial charge in [-0.1, -0.05) is 6.07 Å². The van der Waals surface area contributed by atoms with Crippen LogP contribution in [0.2, 0.25) is 0 Å². The molecule has 1 aromatic carbocycles.